The van der Waals surface area contributed by atoms with Crippen molar-refractivity contribution in [3.63, 3.8) is 0 Å². The van der Waals surface area contributed by atoms with E-state index in [0.717, 1.165) is 44.9 Å². The summed E-state index contributed by atoms with van der Waals surface area (Å²) >= 11 is 0. The number of benzene rings is 1. The van der Waals surface area contributed by atoms with E-state index in [1.54, 1.807) is 24.3 Å². The molecule has 0 heterocycles. The molecular weight excluding hydrogens is 304 g/mol. The Morgan fingerprint density at radius 1 is 0.833 bits per heavy atom. The molecule has 0 spiro atoms. The molecule has 0 saturated heterocycles. The van der Waals surface area contributed by atoms with Crippen LogP contribution in [0.3, 0.4) is 0 Å². The fourth-order valence-electron chi connectivity index (χ4n) is 2.47. The zero-order chi connectivity index (χ0) is 17.8. The Bertz CT molecular complexity index is 487. The van der Waals surface area contributed by atoms with Crippen LogP contribution >= 0.6 is 0 Å². The Balaban J connectivity index is 2.56. The molecule has 0 aliphatic rings. The molecule has 1 aromatic rings. The number of hydrogen-bond acceptors (Lipinski definition) is 4. The van der Waals surface area contributed by atoms with Gasteiger partial charge in [0.15, 0.2) is 0 Å². The van der Waals surface area contributed by atoms with Crippen molar-refractivity contribution in [1.29, 1.82) is 0 Å². The summed E-state index contributed by atoms with van der Waals surface area (Å²) < 4.78 is 10.8. The summed E-state index contributed by atoms with van der Waals surface area (Å²) in [5.74, 6) is -0.675. The summed E-state index contributed by atoms with van der Waals surface area (Å²) in [6.07, 6.45) is 6.71. The van der Waals surface area contributed by atoms with Gasteiger partial charge in [-0.2, -0.15) is 0 Å². The second-order valence-electron chi connectivity index (χ2n) is 6.03. The summed E-state index contributed by atoms with van der Waals surface area (Å²) in [5, 5.41) is 0. The SMILES string of the molecule is CCCCCOC(=O)c1ccc(C(=O)OC(CCC)CCC)cc1. The van der Waals surface area contributed by atoms with Crippen LogP contribution in [0.15, 0.2) is 24.3 Å². The minimum atomic E-state index is -0.346. The second-order valence-corrected chi connectivity index (χ2v) is 6.03. The van der Waals surface area contributed by atoms with Gasteiger partial charge in [-0.05, 0) is 43.5 Å². The Morgan fingerprint density at radius 2 is 1.38 bits per heavy atom. The lowest BCUT2D eigenvalue weighted by Gasteiger charge is -2.16. The normalized spacial score (nSPS) is 10.7. The second kappa shape index (κ2) is 11.7. The largest absolute Gasteiger partial charge is 0.462 e. The van der Waals surface area contributed by atoms with E-state index >= 15 is 0 Å². The maximum absolute atomic E-state index is 12.2. The molecule has 0 aliphatic heterocycles. The van der Waals surface area contributed by atoms with Crippen LogP contribution in [0.4, 0.5) is 0 Å². The molecule has 4 nitrogen and oxygen atoms in total. The molecule has 0 aliphatic carbocycles. The first-order valence-electron chi connectivity index (χ1n) is 9.10. The number of rotatable bonds is 11. The quantitative estimate of drug-likeness (QED) is 0.414. The molecule has 1 aromatic carbocycles. The molecule has 1 rings (SSSR count). The van der Waals surface area contributed by atoms with Gasteiger partial charge in [0.2, 0.25) is 0 Å². The van der Waals surface area contributed by atoms with Crippen LogP contribution in [0.5, 0.6) is 0 Å². The molecule has 0 amide bonds. The first-order valence-corrected chi connectivity index (χ1v) is 9.10. The number of ether oxygens (including phenoxy) is 2. The summed E-state index contributed by atoms with van der Waals surface area (Å²) in [6, 6.07) is 6.49. The molecule has 0 fully saturated rings. The van der Waals surface area contributed by atoms with Gasteiger partial charge in [-0.3, -0.25) is 0 Å². The van der Waals surface area contributed by atoms with Gasteiger partial charge >= 0.3 is 11.9 Å². The van der Waals surface area contributed by atoms with Crippen LogP contribution in [0.1, 0.15) is 86.4 Å². The summed E-state index contributed by atoms with van der Waals surface area (Å²) in [6.45, 7) is 6.70. The van der Waals surface area contributed by atoms with Gasteiger partial charge in [0.1, 0.15) is 6.10 Å². The van der Waals surface area contributed by atoms with Gasteiger partial charge < -0.3 is 9.47 Å². The van der Waals surface area contributed by atoms with Crippen molar-refractivity contribution in [1.82, 2.24) is 0 Å². The minimum Gasteiger partial charge on any atom is -0.462 e. The topological polar surface area (TPSA) is 52.6 Å². The molecule has 0 saturated carbocycles. The Kier molecular flexibility index (Phi) is 9.81. The first-order chi connectivity index (χ1) is 11.6. The van der Waals surface area contributed by atoms with Crippen molar-refractivity contribution in [3.05, 3.63) is 35.4 Å². The third-order valence-corrected chi connectivity index (χ3v) is 3.83. The summed E-state index contributed by atoms with van der Waals surface area (Å²) in [5.41, 5.74) is 0.927. The fourth-order valence-corrected chi connectivity index (χ4v) is 2.47. The predicted octanol–water partition coefficient (Wildman–Crippen LogP) is 5.16. The molecule has 24 heavy (non-hydrogen) atoms. The van der Waals surface area contributed by atoms with Gasteiger partial charge in [0.25, 0.3) is 0 Å². The standard InChI is InChI=1S/C20H30O4/c1-4-7-8-15-23-19(21)16-11-13-17(14-12-16)20(22)24-18(9-5-2)10-6-3/h11-14,18H,4-10,15H2,1-3H3. The highest BCUT2D eigenvalue weighted by Crippen LogP contribution is 2.14. The van der Waals surface area contributed by atoms with Gasteiger partial charge in [-0.25, -0.2) is 9.59 Å². The lowest BCUT2D eigenvalue weighted by molar-refractivity contribution is 0.0257. The number of carbonyl (C=O) groups excluding carboxylic acids is 2. The minimum absolute atomic E-state index is 0.0318. The highest BCUT2D eigenvalue weighted by molar-refractivity contribution is 5.93. The molecule has 0 N–H and O–H groups in total. The average molecular weight is 334 g/mol. The monoisotopic (exact) mass is 334 g/mol. The van der Waals surface area contributed by atoms with Gasteiger partial charge in [0.05, 0.1) is 17.7 Å². The van der Waals surface area contributed by atoms with Crippen molar-refractivity contribution < 1.29 is 19.1 Å². The van der Waals surface area contributed by atoms with Crippen LogP contribution < -0.4 is 0 Å². The Labute approximate surface area is 145 Å². The molecule has 0 atom stereocenters. The lowest BCUT2D eigenvalue weighted by Crippen LogP contribution is -2.18. The highest BCUT2D eigenvalue weighted by Gasteiger charge is 2.15. The van der Waals surface area contributed by atoms with Crippen LogP contribution in [-0.4, -0.2) is 24.6 Å². The number of carbonyl (C=O) groups is 2. The maximum Gasteiger partial charge on any atom is 0.338 e. The molecule has 0 radical (unpaired) electrons. The Hall–Kier alpha value is -1.84. The van der Waals surface area contributed by atoms with Crippen LogP contribution in [0.25, 0.3) is 0 Å². The van der Waals surface area contributed by atoms with E-state index in [4.69, 9.17) is 9.47 Å². The molecule has 0 aromatic heterocycles. The summed E-state index contributed by atoms with van der Waals surface area (Å²) in [7, 11) is 0. The van der Waals surface area contributed by atoms with Crippen LogP contribution in [-0.2, 0) is 9.47 Å². The van der Waals surface area contributed by atoms with Crippen molar-refractivity contribution in [2.75, 3.05) is 6.61 Å². The van der Waals surface area contributed by atoms with Crippen molar-refractivity contribution in [2.24, 2.45) is 0 Å². The van der Waals surface area contributed by atoms with E-state index in [0.29, 0.717) is 17.7 Å². The van der Waals surface area contributed by atoms with Gasteiger partial charge in [-0.1, -0.05) is 46.5 Å². The van der Waals surface area contributed by atoms with E-state index in [1.165, 1.54) is 0 Å². The van der Waals surface area contributed by atoms with E-state index < -0.39 is 0 Å². The van der Waals surface area contributed by atoms with Gasteiger partial charge in [0, 0.05) is 0 Å². The van der Waals surface area contributed by atoms with Crippen molar-refractivity contribution in [2.45, 2.75) is 71.8 Å². The Morgan fingerprint density at radius 3 is 1.88 bits per heavy atom. The third kappa shape index (κ3) is 7.16. The van der Waals surface area contributed by atoms with E-state index in [9.17, 15) is 9.59 Å². The fraction of sp³-hybridized carbons (Fsp3) is 0.600. The zero-order valence-electron chi connectivity index (χ0n) is 15.2. The average Bonchev–Trinajstić information content (AvgIpc) is 2.59. The zero-order valence-corrected chi connectivity index (χ0v) is 15.2. The van der Waals surface area contributed by atoms with E-state index in [1.807, 2.05) is 0 Å². The van der Waals surface area contributed by atoms with Crippen LogP contribution in [0.2, 0.25) is 0 Å². The van der Waals surface area contributed by atoms with E-state index in [-0.39, 0.29) is 18.0 Å². The summed E-state index contributed by atoms with van der Waals surface area (Å²) in [4.78, 5) is 24.1. The smallest absolute Gasteiger partial charge is 0.338 e. The van der Waals surface area contributed by atoms with Gasteiger partial charge in [-0.15, -0.1) is 0 Å². The lowest BCUT2D eigenvalue weighted by atomic mass is 10.1. The molecule has 0 bridgehead atoms. The first kappa shape index (κ1) is 20.2. The molecule has 4 heteroatoms. The molecule has 134 valence electrons. The number of esters is 2. The van der Waals surface area contributed by atoms with Crippen LogP contribution in [0, 0.1) is 0 Å². The highest BCUT2D eigenvalue weighted by atomic mass is 16.5. The van der Waals surface area contributed by atoms with Crippen molar-refractivity contribution >= 4 is 11.9 Å². The third-order valence-electron chi connectivity index (χ3n) is 3.83. The predicted molar refractivity (Wildman–Crippen MR) is 95.3 cm³/mol. The van der Waals surface area contributed by atoms with Crippen molar-refractivity contribution in [3.8, 4) is 0 Å². The molecule has 0 unspecified atom stereocenters. The van der Waals surface area contributed by atoms with E-state index in [2.05, 4.69) is 20.8 Å². The molecular formula is C20H30O4. The number of unbranched alkanes of at least 4 members (excludes halogenated alkanes) is 2. The number of hydrogen-bond donors (Lipinski definition) is 0. The maximum atomic E-state index is 12.2.